The molecule has 0 aliphatic rings. The van der Waals surface area contributed by atoms with Gasteiger partial charge in [-0.1, -0.05) is 12.1 Å². The largest absolute Gasteiger partial charge is 0.465 e. The Balaban J connectivity index is 1.87. The zero-order valence-electron chi connectivity index (χ0n) is 15.6. The fraction of sp³-hybridized carbons (Fsp3) is 0.105. The predicted octanol–water partition coefficient (Wildman–Crippen LogP) is 3.14. The van der Waals surface area contributed by atoms with Gasteiger partial charge in [-0.2, -0.15) is 5.10 Å². The Bertz CT molecular complexity index is 1110. The smallest absolute Gasteiger partial charge is 0.341 e. The van der Waals surface area contributed by atoms with E-state index in [0.717, 1.165) is 11.8 Å². The minimum atomic E-state index is -0.743. The summed E-state index contributed by atoms with van der Waals surface area (Å²) in [4.78, 5) is 26.4. The van der Waals surface area contributed by atoms with Crippen molar-refractivity contribution < 1.29 is 19.2 Å². The van der Waals surface area contributed by atoms with Crippen molar-refractivity contribution in [1.29, 1.82) is 0 Å². The van der Waals surface area contributed by atoms with Gasteiger partial charge in [0.15, 0.2) is 0 Å². The second-order valence-corrected chi connectivity index (χ2v) is 5.93. The van der Waals surface area contributed by atoms with Crippen molar-refractivity contribution in [2.24, 2.45) is 5.10 Å². The highest BCUT2D eigenvalue weighted by molar-refractivity contribution is 5.93. The van der Waals surface area contributed by atoms with Gasteiger partial charge in [-0.15, -0.1) is 0 Å². The number of nitrogens with two attached hydrogens (primary N) is 1. The lowest BCUT2D eigenvalue weighted by molar-refractivity contribution is -0.384. The van der Waals surface area contributed by atoms with Crippen LogP contribution in [-0.2, 0) is 4.74 Å². The van der Waals surface area contributed by atoms with Crippen molar-refractivity contribution in [3.8, 4) is 11.5 Å². The van der Waals surface area contributed by atoms with Crippen molar-refractivity contribution in [2.45, 2.75) is 6.92 Å². The first-order chi connectivity index (χ1) is 13.9. The van der Waals surface area contributed by atoms with Gasteiger partial charge in [0, 0.05) is 12.1 Å². The third kappa shape index (κ3) is 4.56. The molecular formula is C19H17N5O5. The summed E-state index contributed by atoms with van der Waals surface area (Å²) in [5, 5.41) is 15.2. The third-order valence-electron chi connectivity index (χ3n) is 3.83. The fourth-order valence-electron chi connectivity index (χ4n) is 2.50. The first-order valence-electron chi connectivity index (χ1n) is 8.38. The van der Waals surface area contributed by atoms with E-state index in [2.05, 4.69) is 10.1 Å². The standard InChI is InChI=1S/C19H17N5O5/c1-12-11-23(19(20)22-12)21-10-13-4-3-5-15(8-13)29-17-7-6-14(24(26)27)9-16(17)18(25)28-2/h3-11H,1-2H3,(H2,20,22). The van der Waals surface area contributed by atoms with E-state index in [9.17, 15) is 14.9 Å². The van der Waals surface area contributed by atoms with Gasteiger partial charge >= 0.3 is 5.97 Å². The number of hydrogen-bond donors (Lipinski definition) is 1. The lowest BCUT2D eigenvalue weighted by Crippen LogP contribution is -2.05. The Kier molecular flexibility index (Phi) is 5.54. The van der Waals surface area contributed by atoms with Crippen LogP contribution in [0.15, 0.2) is 53.8 Å². The number of imidazole rings is 1. The number of nitro benzene ring substituents is 1. The number of non-ortho nitro benzene ring substituents is 1. The Hall–Kier alpha value is -4.21. The van der Waals surface area contributed by atoms with Gasteiger partial charge in [0.05, 0.1) is 30.1 Å². The molecule has 0 aliphatic carbocycles. The zero-order chi connectivity index (χ0) is 21.0. The highest BCUT2D eigenvalue weighted by Gasteiger charge is 2.19. The number of nitrogens with zero attached hydrogens (tertiary/aromatic N) is 4. The number of esters is 1. The summed E-state index contributed by atoms with van der Waals surface area (Å²) in [6.07, 6.45) is 3.26. The van der Waals surface area contributed by atoms with Gasteiger partial charge in [0.25, 0.3) is 5.69 Å². The number of ether oxygens (including phenoxy) is 2. The molecule has 0 atom stereocenters. The normalized spacial score (nSPS) is 10.8. The number of nitro groups is 1. The quantitative estimate of drug-likeness (QED) is 0.293. The van der Waals surface area contributed by atoms with E-state index in [-0.39, 0.29) is 22.9 Å². The molecule has 0 saturated carbocycles. The van der Waals surface area contributed by atoms with Crippen LogP contribution in [-0.4, -0.2) is 33.9 Å². The lowest BCUT2D eigenvalue weighted by atomic mass is 10.1. The summed E-state index contributed by atoms with van der Waals surface area (Å²) in [7, 11) is 1.19. The van der Waals surface area contributed by atoms with Crippen molar-refractivity contribution in [1.82, 2.24) is 9.66 Å². The van der Waals surface area contributed by atoms with E-state index in [0.29, 0.717) is 11.3 Å². The Morgan fingerprint density at radius 2 is 2.10 bits per heavy atom. The predicted molar refractivity (Wildman–Crippen MR) is 105 cm³/mol. The van der Waals surface area contributed by atoms with Gasteiger partial charge in [0.2, 0.25) is 5.95 Å². The van der Waals surface area contributed by atoms with Crippen molar-refractivity contribution >= 4 is 23.8 Å². The van der Waals surface area contributed by atoms with Gasteiger partial charge < -0.3 is 15.2 Å². The molecule has 148 valence electrons. The molecule has 10 nitrogen and oxygen atoms in total. The summed E-state index contributed by atoms with van der Waals surface area (Å²) in [5.41, 5.74) is 6.90. The van der Waals surface area contributed by atoms with Crippen molar-refractivity contribution in [2.75, 3.05) is 12.8 Å². The Labute approximate surface area is 165 Å². The summed E-state index contributed by atoms with van der Waals surface area (Å²) in [6.45, 7) is 1.81. The fourth-order valence-corrected chi connectivity index (χ4v) is 2.50. The molecule has 29 heavy (non-hydrogen) atoms. The Morgan fingerprint density at radius 1 is 1.31 bits per heavy atom. The van der Waals surface area contributed by atoms with Crippen molar-refractivity contribution in [3.63, 3.8) is 0 Å². The topological polar surface area (TPSA) is 135 Å². The molecule has 0 amide bonds. The molecule has 0 radical (unpaired) electrons. The number of rotatable bonds is 6. The number of carbonyl (C=O) groups excluding carboxylic acids is 1. The zero-order valence-corrected chi connectivity index (χ0v) is 15.6. The number of aromatic nitrogens is 2. The molecule has 0 bridgehead atoms. The number of benzene rings is 2. The number of carbonyl (C=O) groups is 1. The van der Waals surface area contributed by atoms with E-state index in [1.807, 2.05) is 0 Å². The molecule has 0 fully saturated rings. The average Bonchev–Trinajstić information content (AvgIpc) is 3.03. The highest BCUT2D eigenvalue weighted by atomic mass is 16.6. The first-order valence-corrected chi connectivity index (χ1v) is 8.38. The molecule has 0 unspecified atom stereocenters. The van der Waals surface area contributed by atoms with Gasteiger partial charge in [-0.25, -0.2) is 14.5 Å². The molecule has 1 aromatic heterocycles. The maximum absolute atomic E-state index is 12.0. The second kappa shape index (κ2) is 8.21. The average molecular weight is 395 g/mol. The van der Waals surface area contributed by atoms with Crippen molar-refractivity contribution in [3.05, 3.63) is 75.6 Å². The first kappa shape index (κ1) is 19.5. The lowest BCUT2D eigenvalue weighted by Gasteiger charge is -2.10. The molecule has 1 heterocycles. The number of hydrogen-bond acceptors (Lipinski definition) is 8. The van der Waals surface area contributed by atoms with Crippen LogP contribution in [0, 0.1) is 17.0 Å². The van der Waals surface area contributed by atoms with E-state index < -0.39 is 10.9 Å². The van der Waals surface area contributed by atoms with Crippen LogP contribution in [0.3, 0.4) is 0 Å². The monoisotopic (exact) mass is 395 g/mol. The minimum Gasteiger partial charge on any atom is -0.465 e. The highest BCUT2D eigenvalue weighted by Crippen LogP contribution is 2.29. The Morgan fingerprint density at radius 3 is 2.76 bits per heavy atom. The van der Waals surface area contributed by atoms with Gasteiger partial charge in [0.1, 0.15) is 17.1 Å². The third-order valence-corrected chi connectivity index (χ3v) is 3.83. The van der Waals surface area contributed by atoms with E-state index in [4.69, 9.17) is 15.2 Å². The minimum absolute atomic E-state index is 0.0533. The second-order valence-electron chi connectivity index (χ2n) is 5.93. The molecule has 0 spiro atoms. The number of methoxy groups -OCH3 is 1. The van der Waals surface area contributed by atoms with Crippen LogP contribution < -0.4 is 10.5 Å². The number of nitrogen functional groups attached to an aromatic ring is 1. The maximum atomic E-state index is 12.0. The van der Waals surface area contributed by atoms with Crippen LogP contribution in [0.4, 0.5) is 11.6 Å². The van der Waals surface area contributed by atoms with Crippen LogP contribution >= 0.6 is 0 Å². The maximum Gasteiger partial charge on any atom is 0.341 e. The van der Waals surface area contributed by atoms with Crippen LogP contribution in [0.5, 0.6) is 11.5 Å². The molecule has 2 aromatic carbocycles. The summed E-state index contributed by atoms with van der Waals surface area (Å²) in [6, 6.07) is 10.6. The van der Waals surface area contributed by atoms with Crippen LogP contribution in [0.2, 0.25) is 0 Å². The number of anilines is 1. The van der Waals surface area contributed by atoms with Gasteiger partial charge in [-0.3, -0.25) is 10.1 Å². The van der Waals surface area contributed by atoms with Crippen LogP contribution in [0.25, 0.3) is 0 Å². The number of aryl methyl sites for hydroxylation is 1. The SMILES string of the molecule is COC(=O)c1cc([N+](=O)[O-])ccc1Oc1cccc(C=Nn2cc(C)nc2N)c1. The van der Waals surface area contributed by atoms with E-state index in [1.165, 1.54) is 23.9 Å². The molecule has 2 N–H and O–H groups in total. The van der Waals surface area contributed by atoms with Crippen LogP contribution in [0.1, 0.15) is 21.6 Å². The molecule has 3 aromatic rings. The van der Waals surface area contributed by atoms with E-state index >= 15 is 0 Å². The molecular weight excluding hydrogens is 378 g/mol. The van der Waals surface area contributed by atoms with E-state index in [1.54, 1.807) is 43.6 Å². The summed E-state index contributed by atoms with van der Waals surface area (Å²) < 4.78 is 11.9. The summed E-state index contributed by atoms with van der Waals surface area (Å²) >= 11 is 0. The summed E-state index contributed by atoms with van der Waals surface area (Å²) in [5.74, 6) is 0.0564. The molecule has 10 heteroatoms. The molecule has 0 aliphatic heterocycles. The molecule has 0 saturated heterocycles. The van der Waals surface area contributed by atoms with Gasteiger partial charge in [-0.05, 0) is 30.7 Å². The molecule has 3 rings (SSSR count).